The highest BCUT2D eigenvalue weighted by atomic mass is 32.2. The number of hydrogen-bond acceptors (Lipinski definition) is 7. The fourth-order valence-electron chi connectivity index (χ4n) is 1.42. The molecule has 0 spiro atoms. The zero-order valence-electron chi connectivity index (χ0n) is 10.7. The summed E-state index contributed by atoms with van der Waals surface area (Å²) in [6, 6.07) is 3.37. The molecule has 0 aliphatic heterocycles. The molecule has 0 atom stereocenters. The fraction of sp³-hybridized carbons (Fsp3) is 0.167. The lowest BCUT2D eigenvalue weighted by atomic mass is 10.3. The van der Waals surface area contributed by atoms with Gasteiger partial charge in [0.1, 0.15) is 9.90 Å². The van der Waals surface area contributed by atoms with E-state index in [9.17, 15) is 9.59 Å². The van der Waals surface area contributed by atoms with E-state index in [-0.39, 0.29) is 5.91 Å². The third-order valence-electron chi connectivity index (χ3n) is 2.32. The van der Waals surface area contributed by atoms with E-state index in [1.165, 1.54) is 25.1 Å². The van der Waals surface area contributed by atoms with Gasteiger partial charge >= 0.3 is 5.97 Å². The van der Waals surface area contributed by atoms with Gasteiger partial charge in [-0.25, -0.2) is 14.8 Å². The molecule has 0 radical (unpaired) electrons. The molecule has 2 aromatic rings. The summed E-state index contributed by atoms with van der Waals surface area (Å²) in [5, 5.41) is 3.61. The zero-order valence-corrected chi connectivity index (χ0v) is 12.4. The summed E-state index contributed by atoms with van der Waals surface area (Å²) in [5.41, 5.74) is 0.467. The molecular formula is C12H11N3O3S2. The molecule has 1 N–H and O–H groups in total. The maximum absolute atomic E-state index is 12.1. The van der Waals surface area contributed by atoms with Crippen LogP contribution in [0.4, 0.5) is 5.13 Å². The minimum atomic E-state index is -0.478. The van der Waals surface area contributed by atoms with Gasteiger partial charge in [0.25, 0.3) is 5.91 Å². The minimum Gasteiger partial charge on any atom is -0.465 e. The van der Waals surface area contributed by atoms with Gasteiger partial charge in [-0.05, 0) is 18.4 Å². The van der Waals surface area contributed by atoms with Gasteiger partial charge in [0.2, 0.25) is 0 Å². The fourth-order valence-corrected chi connectivity index (χ4v) is 2.69. The molecule has 6 nitrogen and oxygen atoms in total. The number of pyridine rings is 1. The van der Waals surface area contributed by atoms with Gasteiger partial charge in [-0.1, -0.05) is 11.3 Å². The molecule has 0 aliphatic carbocycles. The molecule has 104 valence electrons. The van der Waals surface area contributed by atoms with Gasteiger partial charge in [0.15, 0.2) is 5.13 Å². The summed E-state index contributed by atoms with van der Waals surface area (Å²) >= 11 is 2.44. The minimum absolute atomic E-state index is 0.312. The number of nitrogens with one attached hydrogen (secondary N) is 1. The first-order valence-corrected chi connectivity index (χ1v) is 7.54. The first-order chi connectivity index (χ1) is 9.65. The second kappa shape index (κ2) is 6.49. The predicted molar refractivity (Wildman–Crippen MR) is 77.4 cm³/mol. The number of anilines is 1. The smallest absolute Gasteiger partial charge is 0.349 e. The zero-order chi connectivity index (χ0) is 14.5. The third-order valence-corrected chi connectivity index (χ3v) is 3.93. The van der Waals surface area contributed by atoms with Crippen LogP contribution in [0.1, 0.15) is 20.0 Å². The highest BCUT2D eigenvalue weighted by Crippen LogP contribution is 2.22. The van der Waals surface area contributed by atoms with Crippen molar-refractivity contribution in [2.45, 2.75) is 5.03 Å². The van der Waals surface area contributed by atoms with Crippen molar-refractivity contribution in [3.63, 3.8) is 0 Å². The Morgan fingerprint density at radius 3 is 2.90 bits per heavy atom. The molecule has 2 rings (SSSR count). The number of thiazole rings is 1. The van der Waals surface area contributed by atoms with Crippen molar-refractivity contribution >= 4 is 40.1 Å². The van der Waals surface area contributed by atoms with Crippen LogP contribution in [0.15, 0.2) is 29.6 Å². The Labute approximate surface area is 123 Å². The summed E-state index contributed by atoms with van der Waals surface area (Å²) in [4.78, 5) is 31.8. The van der Waals surface area contributed by atoms with Gasteiger partial charge in [0, 0.05) is 6.20 Å². The quantitative estimate of drug-likeness (QED) is 0.689. The third kappa shape index (κ3) is 3.14. The predicted octanol–water partition coefficient (Wildman–Crippen LogP) is 2.30. The summed E-state index contributed by atoms with van der Waals surface area (Å²) in [6.07, 6.45) is 4.84. The van der Waals surface area contributed by atoms with E-state index in [1.54, 1.807) is 18.3 Å². The Bertz CT molecular complexity index is 642. The van der Waals surface area contributed by atoms with Gasteiger partial charge in [0.05, 0.1) is 18.9 Å². The molecule has 0 aromatic carbocycles. The monoisotopic (exact) mass is 309 g/mol. The number of thioether (sulfide) groups is 1. The van der Waals surface area contributed by atoms with E-state index >= 15 is 0 Å². The van der Waals surface area contributed by atoms with E-state index < -0.39 is 5.97 Å². The molecule has 0 saturated carbocycles. The van der Waals surface area contributed by atoms with Crippen molar-refractivity contribution in [1.82, 2.24) is 9.97 Å². The standard InChI is InChI=1S/C12H11N3O3S2/c1-18-11(17)8-6-14-12(20-8)15-9(16)7-4-3-5-13-10(7)19-2/h3-6H,1-2H3,(H,14,15,16). The maximum Gasteiger partial charge on any atom is 0.349 e. The Balaban J connectivity index is 2.15. The Morgan fingerprint density at radius 1 is 1.40 bits per heavy atom. The SMILES string of the molecule is COC(=O)c1cnc(NC(=O)c2cccnc2SC)s1. The average molecular weight is 309 g/mol. The Morgan fingerprint density at radius 2 is 2.20 bits per heavy atom. The second-order valence-electron chi connectivity index (χ2n) is 3.54. The number of nitrogens with zero attached hydrogens (tertiary/aromatic N) is 2. The molecule has 1 amide bonds. The van der Waals surface area contributed by atoms with Crippen LogP contribution in [0.2, 0.25) is 0 Å². The average Bonchev–Trinajstić information content (AvgIpc) is 2.94. The number of hydrogen-bond donors (Lipinski definition) is 1. The lowest BCUT2D eigenvalue weighted by Crippen LogP contribution is -2.13. The topological polar surface area (TPSA) is 81.2 Å². The number of aromatic nitrogens is 2. The van der Waals surface area contributed by atoms with Gasteiger partial charge in [-0.3, -0.25) is 10.1 Å². The highest BCUT2D eigenvalue weighted by molar-refractivity contribution is 7.98. The molecule has 0 saturated heterocycles. The Hall–Kier alpha value is -1.93. The number of rotatable bonds is 4. The molecule has 0 fully saturated rings. The van der Waals surface area contributed by atoms with Crippen LogP contribution in [0, 0.1) is 0 Å². The van der Waals surface area contributed by atoms with E-state index in [0.717, 1.165) is 11.3 Å². The summed E-state index contributed by atoms with van der Waals surface area (Å²) < 4.78 is 4.58. The number of methoxy groups -OCH3 is 1. The van der Waals surface area contributed by atoms with Crippen LogP contribution in [0.3, 0.4) is 0 Å². The molecule has 20 heavy (non-hydrogen) atoms. The van der Waals surface area contributed by atoms with E-state index in [1.807, 2.05) is 6.26 Å². The van der Waals surface area contributed by atoms with Crippen molar-refractivity contribution in [1.29, 1.82) is 0 Å². The van der Waals surface area contributed by atoms with E-state index in [2.05, 4.69) is 20.0 Å². The number of ether oxygens (including phenoxy) is 1. The van der Waals surface area contributed by atoms with Gasteiger partial charge in [-0.2, -0.15) is 0 Å². The van der Waals surface area contributed by atoms with Crippen molar-refractivity contribution < 1.29 is 14.3 Å². The first-order valence-electron chi connectivity index (χ1n) is 5.50. The molecule has 0 aliphatic rings. The Kier molecular flexibility index (Phi) is 4.70. The number of esters is 1. The van der Waals surface area contributed by atoms with E-state index in [0.29, 0.717) is 20.6 Å². The van der Waals surface area contributed by atoms with Crippen molar-refractivity contribution in [2.24, 2.45) is 0 Å². The van der Waals surface area contributed by atoms with Crippen molar-refractivity contribution in [2.75, 3.05) is 18.7 Å². The highest BCUT2D eigenvalue weighted by Gasteiger charge is 2.15. The lowest BCUT2D eigenvalue weighted by Gasteiger charge is -2.04. The van der Waals surface area contributed by atoms with Crippen molar-refractivity contribution in [3.05, 3.63) is 35.0 Å². The van der Waals surface area contributed by atoms with Crippen LogP contribution in [-0.2, 0) is 4.74 Å². The molecule has 2 heterocycles. The molecule has 0 bridgehead atoms. The molecule has 8 heteroatoms. The van der Waals surface area contributed by atoms with Crippen LogP contribution < -0.4 is 5.32 Å². The van der Waals surface area contributed by atoms with Crippen LogP contribution in [0.25, 0.3) is 0 Å². The molecule has 0 unspecified atom stereocenters. The summed E-state index contributed by atoms with van der Waals surface area (Å²) in [7, 11) is 1.29. The molecular weight excluding hydrogens is 298 g/mol. The number of amides is 1. The second-order valence-corrected chi connectivity index (χ2v) is 5.36. The van der Waals surface area contributed by atoms with Crippen LogP contribution >= 0.6 is 23.1 Å². The molecule has 2 aromatic heterocycles. The van der Waals surface area contributed by atoms with Gasteiger partial charge < -0.3 is 4.74 Å². The summed E-state index contributed by atoms with van der Waals surface area (Å²) in [6.45, 7) is 0. The number of carbonyl (C=O) groups excluding carboxylic acids is 2. The summed E-state index contributed by atoms with van der Waals surface area (Å²) in [5.74, 6) is -0.789. The maximum atomic E-state index is 12.1. The van der Waals surface area contributed by atoms with Crippen LogP contribution in [-0.4, -0.2) is 35.2 Å². The normalized spacial score (nSPS) is 10.1. The first kappa shape index (κ1) is 14.5. The largest absolute Gasteiger partial charge is 0.465 e. The van der Waals surface area contributed by atoms with Crippen molar-refractivity contribution in [3.8, 4) is 0 Å². The number of carbonyl (C=O) groups is 2. The lowest BCUT2D eigenvalue weighted by molar-refractivity contribution is 0.0606. The van der Waals surface area contributed by atoms with Gasteiger partial charge in [-0.15, -0.1) is 11.8 Å². The van der Waals surface area contributed by atoms with Crippen LogP contribution in [0.5, 0.6) is 0 Å². The van der Waals surface area contributed by atoms with E-state index in [4.69, 9.17) is 0 Å².